The fraction of sp³-hybridized carbons (Fsp3) is 0.462. The number of carbonyl (C=O) groups excluding carboxylic acids is 1. The van der Waals surface area contributed by atoms with Gasteiger partial charge >= 0.3 is 6.61 Å². The minimum absolute atomic E-state index is 0. The molecular formula is C13H16ClF3N2O2. The maximum Gasteiger partial charge on any atom is 0.387 e. The Bertz CT molecular complexity index is 482. The van der Waals surface area contributed by atoms with Crippen molar-refractivity contribution in [1.29, 1.82) is 0 Å². The molecule has 4 nitrogen and oxygen atoms in total. The van der Waals surface area contributed by atoms with Crippen LogP contribution < -0.4 is 15.4 Å². The molecule has 0 spiro atoms. The van der Waals surface area contributed by atoms with E-state index in [0.29, 0.717) is 6.42 Å². The summed E-state index contributed by atoms with van der Waals surface area (Å²) in [4.78, 5) is 11.8. The molecule has 1 amide bonds. The Kier molecular flexibility index (Phi) is 6.77. The highest BCUT2D eigenvalue weighted by atomic mass is 35.5. The number of carbonyl (C=O) groups is 1. The quantitative estimate of drug-likeness (QED) is 0.873. The summed E-state index contributed by atoms with van der Waals surface area (Å²) in [6.45, 7) is -2.47. The van der Waals surface area contributed by atoms with Crippen molar-refractivity contribution in [2.24, 2.45) is 0 Å². The van der Waals surface area contributed by atoms with Gasteiger partial charge in [-0.1, -0.05) is 6.07 Å². The highest BCUT2D eigenvalue weighted by Gasteiger charge is 2.22. The Morgan fingerprint density at radius 2 is 2.24 bits per heavy atom. The molecule has 1 heterocycles. The third kappa shape index (κ3) is 4.78. The summed E-state index contributed by atoms with van der Waals surface area (Å²) in [5.74, 6) is -1.23. The van der Waals surface area contributed by atoms with E-state index >= 15 is 0 Å². The van der Waals surface area contributed by atoms with E-state index in [4.69, 9.17) is 0 Å². The lowest BCUT2D eigenvalue weighted by Gasteiger charge is -2.14. The Morgan fingerprint density at radius 1 is 1.48 bits per heavy atom. The van der Waals surface area contributed by atoms with Gasteiger partial charge in [-0.2, -0.15) is 8.78 Å². The Morgan fingerprint density at radius 3 is 2.86 bits per heavy atom. The summed E-state index contributed by atoms with van der Waals surface area (Å²) in [7, 11) is 0. The molecule has 0 radical (unpaired) electrons. The Balaban J connectivity index is 0.00000220. The van der Waals surface area contributed by atoms with Gasteiger partial charge < -0.3 is 15.4 Å². The number of alkyl halides is 2. The topological polar surface area (TPSA) is 50.4 Å². The highest BCUT2D eigenvalue weighted by molar-refractivity contribution is 5.85. The van der Waals surface area contributed by atoms with Crippen LogP contribution in [0.4, 0.5) is 13.2 Å². The second-order valence-corrected chi connectivity index (χ2v) is 4.46. The van der Waals surface area contributed by atoms with E-state index in [0.717, 1.165) is 19.0 Å². The third-order valence-corrected chi connectivity index (χ3v) is 3.11. The molecule has 1 aromatic rings. The zero-order chi connectivity index (χ0) is 14.5. The molecule has 1 aliphatic rings. The number of amides is 1. The highest BCUT2D eigenvalue weighted by Crippen LogP contribution is 2.23. The SMILES string of the molecule is Cl.O=C(NCc1c(F)cccc1OC(F)F)C1CCCN1. The molecule has 0 bridgehead atoms. The average molecular weight is 325 g/mol. The first-order valence-corrected chi connectivity index (χ1v) is 6.31. The van der Waals surface area contributed by atoms with Crippen LogP contribution in [0.3, 0.4) is 0 Å². The summed E-state index contributed by atoms with van der Waals surface area (Å²) in [5, 5.41) is 5.53. The van der Waals surface area contributed by atoms with Crippen LogP contribution in [0.15, 0.2) is 18.2 Å². The van der Waals surface area contributed by atoms with Crippen LogP contribution in [0.1, 0.15) is 18.4 Å². The molecule has 0 aromatic heterocycles. The van der Waals surface area contributed by atoms with Crippen LogP contribution in [0.2, 0.25) is 0 Å². The molecular weight excluding hydrogens is 309 g/mol. The molecule has 21 heavy (non-hydrogen) atoms. The molecule has 1 saturated heterocycles. The Labute approximate surface area is 126 Å². The van der Waals surface area contributed by atoms with Gasteiger partial charge in [0.15, 0.2) is 0 Å². The molecule has 1 aliphatic heterocycles. The monoisotopic (exact) mass is 324 g/mol. The third-order valence-electron chi connectivity index (χ3n) is 3.11. The van der Waals surface area contributed by atoms with E-state index in [1.54, 1.807) is 0 Å². The van der Waals surface area contributed by atoms with Crippen LogP contribution in [0.5, 0.6) is 5.75 Å². The van der Waals surface area contributed by atoms with E-state index in [2.05, 4.69) is 15.4 Å². The number of rotatable bonds is 5. The summed E-state index contributed by atoms with van der Waals surface area (Å²) in [6.07, 6.45) is 1.61. The molecule has 0 aliphatic carbocycles. The van der Waals surface area contributed by atoms with Crippen molar-refractivity contribution in [2.45, 2.75) is 32.0 Å². The zero-order valence-electron chi connectivity index (χ0n) is 11.1. The van der Waals surface area contributed by atoms with Gasteiger partial charge in [-0.3, -0.25) is 4.79 Å². The van der Waals surface area contributed by atoms with Crippen molar-refractivity contribution < 1.29 is 22.7 Å². The minimum atomic E-state index is -3.04. The van der Waals surface area contributed by atoms with Gasteiger partial charge in [-0.15, -0.1) is 12.4 Å². The molecule has 1 unspecified atom stereocenters. The molecule has 2 N–H and O–H groups in total. The van der Waals surface area contributed by atoms with Crippen LogP contribution in [0.25, 0.3) is 0 Å². The predicted molar refractivity (Wildman–Crippen MR) is 73.2 cm³/mol. The summed E-state index contributed by atoms with van der Waals surface area (Å²) < 4.78 is 42.3. The number of halogens is 4. The molecule has 8 heteroatoms. The fourth-order valence-electron chi connectivity index (χ4n) is 2.12. The normalized spacial score (nSPS) is 17.4. The summed E-state index contributed by atoms with van der Waals surface area (Å²) in [5.41, 5.74) is -0.0841. The average Bonchev–Trinajstić information content (AvgIpc) is 2.91. The first-order chi connectivity index (χ1) is 9.58. The molecule has 118 valence electrons. The van der Waals surface area contributed by atoms with Gasteiger partial charge in [0.2, 0.25) is 5.91 Å². The molecule has 2 rings (SSSR count). The first-order valence-electron chi connectivity index (χ1n) is 6.31. The number of ether oxygens (including phenoxy) is 1. The molecule has 0 saturated carbocycles. The zero-order valence-corrected chi connectivity index (χ0v) is 11.9. The van der Waals surface area contributed by atoms with E-state index in [-0.39, 0.29) is 42.2 Å². The smallest absolute Gasteiger partial charge is 0.387 e. The standard InChI is InChI=1S/C13H15F3N2O2.ClH/c14-9-3-1-5-11(20-13(15)16)8(9)7-18-12(19)10-4-2-6-17-10;/h1,3,5,10,13,17H,2,4,6-7H2,(H,18,19);1H. The van der Waals surface area contributed by atoms with Gasteiger partial charge in [-0.05, 0) is 31.5 Å². The van der Waals surface area contributed by atoms with Crippen molar-refractivity contribution >= 4 is 18.3 Å². The fourth-order valence-corrected chi connectivity index (χ4v) is 2.12. The van der Waals surface area contributed by atoms with Gasteiger partial charge in [0.1, 0.15) is 11.6 Å². The lowest BCUT2D eigenvalue weighted by molar-refractivity contribution is -0.122. The van der Waals surface area contributed by atoms with Crippen molar-refractivity contribution in [3.63, 3.8) is 0 Å². The van der Waals surface area contributed by atoms with E-state index in [1.165, 1.54) is 12.1 Å². The van der Waals surface area contributed by atoms with E-state index in [9.17, 15) is 18.0 Å². The van der Waals surface area contributed by atoms with Gasteiger partial charge in [0, 0.05) is 12.1 Å². The summed E-state index contributed by atoms with van der Waals surface area (Å²) >= 11 is 0. The second kappa shape index (κ2) is 8.09. The van der Waals surface area contributed by atoms with Crippen molar-refractivity contribution in [2.75, 3.05) is 6.54 Å². The number of hydrogen-bond donors (Lipinski definition) is 2. The second-order valence-electron chi connectivity index (χ2n) is 4.46. The van der Waals surface area contributed by atoms with Gasteiger partial charge in [-0.25, -0.2) is 4.39 Å². The van der Waals surface area contributed by atoms with Gasteiger partial charge in [0.25, 0.3) is 0 Å². The van der Waals surface area contributed by atoms with Crippen LogP contribution in [0, 0.1) is 5.82 Å². The lowest BCUT2D eigenvalue weighted by atomic mass is 10.1. The van der Waals surface area contributed by atoms with Crippen LogP contribution in [-0.4, -0.2) is 25.1 Å². The molecule has 1 aromatic carbocycles. The van der Waals surface area contributed by atoms with Crippen LogP contribution in [-0.2, 0) is 11.3 Å². The lowest BCUT2D eigenvalue weighted by Crippen LogP contribution is -2.40. The molecule has 1 atom stereocenters. The number of hydrogen-bond acceptors (Lipinski definition) is 3. The summed E-state index contributed by atoms with van der Waals surface area (Å²) in [6, 6.07) is 3.34. The van der Waals surface area contributed by atoms with E-state index in [1.807, 2.05) is 0 Å². The predicted octanol–water partition coefficient (Wildman–Crippen LogP) is 2.22. The van der Waals surface area contributed by atoms with Crippen molar-refractivity contribution in [3.05, 3.63) is 29.6 Å². The van der Waals surface area contributed by atoms with Crippen molar-refractivity contribution in [1.82, 2.24) is 10.6 Å². The number of benzene rings is 1. The first kappa shape index (κ1) is 17.6. The minimum Gasteiger partial charge on any atom is -0.434 e. The number of nitrogens with one attached hydrogen (secondary N) is 2. The maximum atomic E-state index is 13.6. The Hall–Kier alpha value is -1.47. The van der Waals surface area contributed by atoms with E-state index < -0.39 is 12.4 Å². The van der Waals surface area contributed by atoms with Crippen molar-refractivity contribution in [3.8, 4) is 5.75 Å². The maximum absolute atomic E-state index is 13.6. The molecule has 1 fully saturated rings. The van der Waals surface area contributed by atoms with Gasteiger partial charge in [0.05, 0.1) is 6.04 Å². The largest absolute Gasteiger partial charge is 0.434 e. The van der Waals surface area contributed by atoms with Crippen LogP contribution >= 0.6 is 12.4 Å².